The molecule has 110 valence electrons. The Balaban J connectivity index is 2.22. The maximum absolute atomic E-state index is 12.6. The third kappa shape index (κ3) is 3.45. The van der Waals surface area contributed by atoms with Crippen LogP contribution in [0, 0.1) is 6.92 Å². The van der Waals surface area contributed by atoms with E-state index in [9.17, 15) is 4.79 Å². The zero-order chi connectivity index (χ0) is 15.4. The summed E-state index contributed by atoms with van der Waals surface area (Å²) in [6.07, 6.45) is 0. The van der Waals surface area contributed by atoms with Crippen LogP contribution in [0.4, 0.5) is 0 Å². The van der Waals surface area contributed by atoms with Crippen LogP contribution in [0.5, 0.6) is 5.75 Å². The first-order valence-electron chi connectivity index (χ1n) is 6.67. The molecule has 2 aromatic carbocycles. The van der Waals surface area contributed by atoms with Crippen molar-refractivity contribution in [2.24, 2.45) is 0 Å². The first kappa shape index (κ1) is 15.6. The Bertz CT molecular complexity index is 655. The number of ether oxygens (including phenoxy) is 1. The summed E-state index contributed by atoms with van der Waals surface area (Å²) >= 11 is 3.46. The van der Waals surface area contributed by atoms with Crippen molar-refractivity contribution in [1.82, 2.24) is 4.90 Å². The highest BCUT2D eigenvalue weighted by Crippen LogP contribution is 2.23. The van der Waals surface area contributed by atoms with Crippen molar-refractivity contribution in [2.75, 3.05) is 14.2 Å². The number of methoxy groups -OCH3 is 1. The number of hydrogen-bond donors (Lipinski definition) is 0. The molecule has 0 aliphatic carbocycles. The molecule has 0 fully saturated rings. The number of hydrogen-bond acceptors (Lipinski definition) is 2. The third-order valence-corrected chi connectivity index (χ3v) is 4.30. The van der Waals surface area contributed by atoms with E-state index in [4.69, 9.17) is 4.74 Å². The number of nitrogens with zero attached hydrogens (tertiary/aromatic N) is 1. The number of halogens is 1. The van der Waals surface area contributed by atoms with Gasteiger partial charge in [0.1, 0.15) is 5.75 Å². The van der Waals surface area contributed by atoms with Crippen LogP contribution in [0.1, 0.15) is 21.5 Å². The van der Waals surface area contributed by atoms with Crippen LogP contribution in [0.3, 0.4) is 0 Å². The fourth-order valence-corrected chi connectivity index (χ4v) is 2.57. The fourth-order valence-electron chi connectivity index (χ4n) is 2.21. The Morgan fingerprint density at radius 1 is 1.19 bits per heavy atom. The molecule has 2 aromatic rings. The maximum Gasteiger partial charge on any atom is 0.254 e. The highest BCUT2D eigenvalue weighted by Gasteiger charge is 2.16. The molecule has 21 heavy (non-hydrogen) atoms. The summed E-state index contributed by atoms with van der Waals surface area (Å²) < 4.78 is 6.27. The van der Waals surface area contributed by atoms with Crippen LogP contribution < -0.4 is 4.74 Å². The van der Waals surface area contributed by atoms with Crippen molar-refractivity contribution in [3.8, 4) is 5.75 Å². The van der Waals surface area contributed by atoms with E-state index in [1.807, 2.05) is 49.4 Å². The lowest BCUT2D eigenvalue weighted by Gasteiger charge is -2.20. The predicted molar refractivity (Wildman–Crippen MR) is 87.7 cm³/mol. The molecular formula is C17H18BrNO2. The lowest BCUT2D eigenvalue weighted by molar-refractivity contribution is 0.0783. The first-order chi connectivity index (χ1) is 10.0. The second kappa shape index (κ2) is 6.76. The van der Waals surface area contributed by atoms with Crippen molar-refractivity contribution in [1.29, 1.82) is 0 Å². The Morgan fingerprint density at radius 2 is 1.90 bits per heavy atom. The molecule has 0 aromatic heterocycles. The monoisotopic (exact) mass is 347 g/mol. The van der Waals surface area contributed by atoms with Gasteiger partial charge in [0.15, 0.2) is 0 Å². The van der Waals surface area contributed by atoms with Gasteiger partial charge in [-0.1, -0.05) is 40.2 Å². The Kier molecular flexibility index (Phi) is 5.02. The van der Waals surface area contributed by atoms with Gasteiger partial charge in [0, 0.05) is 29.2 Å². The Morgan fingerprint density at radius 3 is 2.62 bits per heavy atom. The Hall–Kier alpha value is -1.81. The quantitative estimate of drug-likeness (QED) is 0.835. The fraction of sp³-hybridized carbons (Fsp3) is 0.235. The zero-order valence-electron chi connectivity index (χ0n) is 12.4. The van der Waals surface area contributed by atoms with Gasteiger partial charge in [-0.05, 0) is 30.7 Å². The van der Waals surface area contributed by atoms with E-state index in [1.54, 1.807) is 19.1 Å². The molecule has 0 saturated heterocycles. The van der Waals surface area contributed by atoms with Crippen LogP contribution in [-0.2, 0) is 6.54 Å². The first-order valence-corrected chi connectivity index (χ1v) is 7.46. The molecule has 0 unspecified atom stereocenters. The van der Waals surface area contributed by atoms with E-state index < -0.39 is 0 Å². The molecule has 1 amide bonds. The van der Waals surface area contributed by atoms with Crippen LogP contribution in [0.15, 0.2) is 46.9 Å². The average Bonchev–Trinajstić information content (AvgIpc) is 2.50. The lowest BCUT2D eigenvalue weighted by atomic mass is 10.1. The van der Waals surface area contributed by atoms with E-state index >= 15 is 0 Å². The van der Waals surface area contributed by atoms with Crippen LogP contribution >= 0.6 is 15.9 Å². The number of amides is 1. The predicted octanol–water partition coefficient (Wildman–Crippen LogP) is 4.04. The number of benzene rings is 2. The minimum absolute atomic E-state index is 0.000272. The van der Waals surface area contributed by atoms with Gasteiger partial charge >= 0.3 is 0 Å². The average molecular weight is 348 g/mol. The summed E-state index contributed by atoms with van der Waals surface area (Å²) in [5, 5.41) is 0. The molecule has 0 radical (unpaired) electrons. The summed E-state index contributed by atoms with van der Waals surface area (Å²) in [6, 6.07) is 13.4. The molecule has 0 spiro atoms. The SMILES string of the molecule is COc1ccccc1CN(C)C(=O)c1cccc(Br)c1C. The molecule has 0 heterocycles. The van der Waals surface area contributed by atoms with Crippen LogP contribution in [-0.4, -0.2) is 25.0 Å². The number of carbonyl (C=O) groups excluding carboxylic acids is 1. The molecule has 0 saturated carbocycles. The summed E-state index contributed by atoms with van der Waals surface area (Å²) in [6.45, 7) is 2.45. The normalized spacial score (nSPS) is 10.3. The van der Waals surface area contributed by atoms with E-state index in [2.05, 4.69) is 15.9 Å². The second-order valence-electron chi connectivity index (χ2n) is 4.89. The highest BCUT2D eigenvalue weighted by molar-refractivity contribution is 9.10. The smallest absolute Gasteiger partial charge is 0.254 e. The molecule has 2 rings (SSSR count). The van der Waals surface area contributed by atoms with Crippen molar-refractivity contribution in [2.45, 2.75) is 13.5 Å². The third-order valence-electron chi connectivity index (χ3n) is 3.44. The van der Waals surface area contributed by atoms with Crippen molar-refractivity contribution < 1.29 is 9.53 Å². The van der Waals surface area contributed by atoms with Gasteiger partial charge in [-0.15, -0.1) is 0 Å². The van der Waals surface area contributed by atoms with E-state index in [0.717, 1.165) is 21.3 Å². The van der Waals surface area contributed by atoms with Crippen LogP contribution in [0.2, 0.25) is 0 Å². The molecule has 0 aliphatic heterocycles. The van der Waals surface area contributed by atoms with Crippen molar-refractivity contribution >= 4 is 21.8 Å². The summed E-state index contributed by atoms with van der Waals surface area (Å²) in [5.74, 6) is 0.794. The molecular weight excluding hydrogens is 330 g/mol. The molecule has 0 aliphatic rings. The molecule has 0 bridgehead atoms. The Labute approximate surface area is 133 Å². The van der Waals surface area contributed by atoms with E-state index in [-0.39, 0.29) is 5.91 Å². The maximum atomic E-state index is 12.6. The van der Waals surface area contributed by atoms with Gasteiger partial charge < -0.3 is 9.64 Å². The van der Waals surface area contributed by atoms with Gasteiger partial charge in [-0.3, -0.25) is 4.79 Å². The van der Waals surface area contributed by atoms with Crippen molar-refractivity contribution in [3.05, 3.63) is 63.6 Å². The standard InChI is InChI=1S/C17H18BrNO2/c1-12-14(8-6-9-15(12)18)17(20)19(2)11-13-7-4-5-10-16(13)21-3/h4-10H,11H2,1-3H3. The lowest BCUT2D eigenvalue weighted by Crippen LogP contribution is -2.27. The highest BCUT2D eigenvalue weighted by atomic mass is 79.9. The number of rotatable bonds is 4. The van der Waals surface area contributed by atoms with Crippen LogP contribution in [0.25, 0.3) is 0 Å². The number of carbonyl (C=O) groups is 1. The van der Waals surface area contributed by atoms with E-state index in [0.29, 0.717) is 12.1 Å². The second-order valence-corrected chi connectivity index (χ2v) is 5.74. The molecule has 0 N–H and O–H groups in total. The zero-order valence-corrected chi connectivity index (χ0v) is 14.0. The summed E-state index contributed by atoms with van der Waals surface area (Å²) in [5.41, 5.74) is 2.65. The van der Waals surface area contributed by atoms with Crippen molar-refractivity contribution in [3.63, 3.8) is 0 Å². The largest absolute Gasteiger partial charge is 0.496 e. The van der Waals surface area contributed by atoms with Gasteiger partial charge in [-0.25, -0.2) is 0 Å². The number of para-hydroxylation sites is 1. The minimum Gasteiger partial charge on any atom is -0.496 e. The topological polar surface area (TPSA) is 29.5 Å². The van der Waals surface area contributed by atoms with Gasteiger partial charge in [0.2, 0.25) is 0 Å². The molecule has 3 nitrogen and oxygen atoms in total. The molecule has 0 atom stereocenters. The summed E-state index contributed by atoms with van der Waals surface area (Å²) in [7, 11) is 3.44. The molecule has 4 heteroatoms. The van der Waals surface area contributed by atoms with Gasteiger partial charge in [-0.2, -0.15) is 0 Å². The summed E-state index contributed by atoms with van der Waals surface area (Å²) in [4.78, 5) is 14.3. The minimum atomic E-state index is -0.000272. The van der Waals surface area contributed by atoms with Gasteiger partial charge in [0.05, 0.1) is 7.11 Å². The van der Waals surface area contributed by atoms with E-state index in [1.165, 1.54) is 0 Å². The van der Waals surface area contributed by atoms with Gasteiger partial charge in [0.25, 0.3) is 5.91 Å².